The second kappa shape index (κ2) is 10.5. The number of nitrogens with two attached hydrogens (primary N) is 1. The molecule has 0 spiro atoms. The Kier molecular flexibility index (Phi) is 7.68. The lowest BCUT2D eigenvalue weighted by atomic mass is 9.81. The van der Waals surface area contributed by atoms with Crippen LogP contribution in [0, 0.1) is 22.6 Å². The van der Waals surface area contributed by atoms with Crippen molar-refractivity contribution in [2.45, 2.75) is 26.7 Å². The molecule has 1 aliphatic heterocycles. The van der Waals surface area contributed by atoms with Crippen molar-refractivity contribution in [2.75, 3.05) is 25.7 Å². The van der Waals surface area contributed by atoms with Crippen molar-refractivity contribution in [3.8, 4) is 11.8 Å². The van der Waals surface area contributed by atoms with Gasteiger partial charge in [-0.25, -0.2) is 14.0 Å². The van der Waals surface area contributed by atoms with Crippen LogP contribution in [0.5, 0.6) is 5.75 Å². The normalized spacial score (nSPS) is 15.9. The Morgan fingerprint density at radius 1 is 1.08 bits per heavy atom. The van der Waals surface area contributed by atoms with E-state index in [1.165, 1.54) is 12.1 Å². The fourth-order valence-electron chi connectivity index (χ4n) is 3.85. The van der Waals surface area contributed by atoms with Crippen LogP contribution in [0.3, 0.4) is 0 Å². The molecular formula is C27H28FN3O5. The maximum atomic E-state index is 14.5. The van der Waals surface area contributed by atoms with E-state index in [4.69, 9.17) is 19.9 Å². The molecule has 1 heterocycles. The van der Waals surface area contributed by atoms with Crippen LogP contribution in [0.1, 0.15) is 32.3 Å². The molecule has 9 heteroatoms. The lowest BCUT2D eigenvalue weighted by Gasteiger charge is -2.36. The predicted molar refractivity (Wildman–Crippen MR) is 131 cm³/mol. The zero-order chi connectivity index (χ0) is 26.6. The molecule has 0 amide bonds. The molecule has 0 aromatic heterocycles. The van der Waals surface area contributed by atoms with E-state index in [2.05, 4.69) is 6.07 Å². The van der Waals surface area contributed by atoms with Gasteiger partial charge in [0.25, 0.3) is 0 Å². The van der Waals surface area contributed by atoms with Crippen LogP contribution in [0.4, 0.5) is 10.1 Å². The first-order valence-electron chi connectivity index (χ1n) is 11.1. The molecule has 1 atom stereocenters. The monoisotopic (exact) mass is 493 g/mol. The van der Waals surface area contributed by atoms with E-state index in [0.29, 0.717) is 5.56 Å². The van der Waals surface area contributed by atoms with Crippen LogP contribution >= 0.6 is 0 Å². The molecule has 0 bridgehead atoms. The van der Waals surface area contributed by atoms with E-state index < -0.39 is 23.7 Å². The first kappa shape index (κ1) is 26.3. The van der Waals surface area contributed by atoms with Gasteiger partial charge in [-0.15, -0.1) is 0 Å². The number of nitriles is 1. The molecule has 0 radical (unpaired) electrons. The fraction of sp³-hybridized carbons (Fsp3) is 0.296. The number of benzene rings is 2. The summed E-state index contributed by atoms with van der Waals surface area (Å²) in [5.41, 5.74) is 6.29. The van der Waals surface area contributed by atoms with E-state index in [-0.39, 0.29) is 46.1 Å². The maximum absolute atomic E-state index is 14.5. The third-order valence-electron chi connectivity index (χ3n) is 5.43. The number of carbonyl (C=O) groups is 2. The van der Waals surface area contributed by atoms with Crippen LogP contribution < -0.4 is 15.4 Å². The molecule has 3 rings (SSSR count). The van der Waals surface area contributed by atoms with Crippen molar-refractivity contribution in [3.05, 3.63) is 82.6 Å². The highest BCUT2D eigenvalue weighted by molar-refractivity contribution is 6.06. The number of hydrogen-bond acceptors (Lipinski definition) is 8. The van der Waals surface area contributed by atoms with Crippen molar-refractivity contribution < 1.29 is 28.2 Å². The summed E-state index contributed by atoms with van der Waals surface area (Å²) < 4.78 is 30.5. The predicted octanol–water partition coefficient (Wildman–Crippen LogP) is 4.15. The summed E-state index contributed by atoms with van der Waals surface area (Å²) in [6.45, 7) is 6.12. The lowest BCUT2D eigenvalue weighted by Crippen LogP contribution is -2.41. The zero-order valence-corrected chi connectivity index (χ0v) is 20.8. The Balaban J connectivity index is 2.39. The van der Waals surface area contributed by atoms with Gasteiger partial charge in [0.1, 0.15) is 23.1 Å². The first-order valence-corrected chi connectivity index (χ1v) is 11.1. The standard InChI is InChI=1S/C27H28FN3O5/c1-27(2,3)15-36-20-12-11-17(28)13-19(20)31-23(26(33)35-5)22(25(32)34-4)21(18(14-29)24(31)30)16-9-7-6-8-10-16/h6-13,21H,15,30H2,1-5H3. The average Bonchev–Trinajstić information content (AvgIpc) is 2.86. The molecule has 0 saturated carbocycles. The smallest absolute Gasteiger partial charge is 0.355 e. The number of anilines is 1. The van der Waals surface area contributed by atoms with E-state index >= 15 is 0 Å². The first-order chi connectivity index (χ1) is 17.0. The van der Waals surface area contributed by atoms with E-state index in [0.717, 1.165) is 25.2 Å². The minimum Gasteiger partial charge on any atom is -0.491 e. The van der Waals surface area contributed by atoms with Gasteiger partial charge >= 0.3 is 11.9 Å². The quantitative estimate of drug-likeness (QED) is 0.597. The van der Waals surface area contributed by atoms with Crippen molar-refractivity contribution in [1.29, 1.82) is 5.26 Å². The molecule has 0 aliphatic carbocycles. The van der Waals surface area contributed by atoms with Crippen molar-refractivity contribution in [1.82, 2.24) is 0 Å². The number of rotatable bonds is 6. The lowest BCUT2D eigenvalue weighted by molar-refractivity contribution is -0.139. The second-order valence-electron chi connectivity index (χ2n) is 9.30. The summed E-state index contributed by atoms with van der Waals surface area (Å²) in [4.78, 5) is 27.5. The molecule has 2 aromatic carbocycles. The Hall–Kier alpha value is -4.32. The summed E-state index contributed by atoms with van der Waals surface area (Å²) in [6, 6.07) is 14.4. The summed E-state index contributed by atoms with van der Waals surface area (Å²) in [6.07, 6.45) is 0. The third kappa shape index (κ3) is 5.18. The molecule has 36 heavy (non-hydrogen) atoms. The Labute approximate surface area is 209 Å². The Bertz CT molecular complexity index is 1270. The third-order valence-corrected chi connectivity index (χ3v) is 5.43. The molecule has 1 aliphatic rings. The molecular weight excluding hydrogens is 465 g/mol. The van der Waals surface area contributed by atoms with Gasteiger partial charge in [0.05, 0.1) is 49.6 Å². The number of halogens is 1. The number of methoxy groups -OCH3 is 2. The average molecular weight is 494 g/mol. The van der Waals surface area contributed by atoms with Crippen LogP contribution in [-0.4, -0.2) is 32.8 Å². The van der Waals surface area contributed by atoms with Gasteiger partial charge in [0.2, 0.25) is 0 Å². The highest BCUT2D eigenvalue weighted by atomic mass is 19.1. The van der Waals surface area contributed by atoms with Gasteiger partial charge in [-0.1, -0.05) is 51.1 Å². The fourth-order valence-corrected chi connectivity index (χ4v) is 3.85. The molecule has 0 fully saturated rings. The van der Waals surface area contributed by atoms with Gasteiger partial charge < -0.3 is 19.9 Å². The van der Waals surface area contributed by atoms with Gasteiger partial charge in [-0.05, 0) is 23.1 Å². The topological polar surface area (TPSA) is 115 Å². The minimum absolute atomic E-state index is 0.0258. The molecule has 1 unspecified atom stereocenters. The van der Waals surface area contributed by atoms with Crippen molar-refractivity contribution >= 4 is 17.6 Å². The van der Waals surface area contributed by atoms with Gasteiger partial charge in [-0.3, -0.25) is 4.90 Å². The second-order valence-corrected chi connectivity index (χ2v) is 9.30. The summed E-state index contributed by atoms with van der Waals surface area (Å²) in [5, 5.41) is 10.1. The van der Waals surface area contributed by atoms with Crippen LogP contribution in [0.15, 0.2) is 71.2 Å². The zero-order valence-electron chi connectivity index (χ0n) is 20.8. The van der Waals surface area contributed by atoms with E-state index in [9.17, 15) is 19.2 Å². The number of carbonyl (C=O) groups excluding carboxylic acids is 2. The van der Waals surface area contributed by atoms with Crippen LogP contribution in [-0.2, 0) is 19.1 Å². The highest BCUT2D eigenvalue weighted by Gasteiger charge is 2.43. The summed E-state index contributed by atoms with van der Waals surface area (Å²) in [7, 11) is 2.30. The molecule has 2 N–H and O–H groups in total. The Morgan fingerprint density at radius 2 is 1.72 bits per heavy atom. The van der Waals surface area contributed by atoms with Crippen LogP contribution in [0.25, 0.3) is 0 Å². The molecule has 8 nitrogen and oxygen atoms in total. The number of nitrogens with zero attached hydrogens (tertiary/aromatic N) is 2. The molecule has 188 valence electrons. The summed E-state index contributed by atoms with van der Waals surface area (Å²) >= 11 is 0. The SMILES string of the molecule is COC(=O)C1=C(C(=O)OC)N(c2cc(F)ccc2OCC(C)(C)C)C(N)=C(C#N)C1c1ccccc1. The summed E-state index contributed by atoms with van der Waals surface area (Å²) in [5.74, 6) is -3.46. The molecule has 0 saturated heterocycles. The van der Waals surface area contributed by atoms with Gasteiger partial charge in [0.15, 0.2) is 0 Å². The Morgan fingerprint density at radius 3 is 2.28 bits per heavy atom. The number of hydrogen-bond donors (Lipinski definition) is 1. The maximum Gasteiger partial charge on any atom is 0.355 e. The van der Waals surface area contributed by atoms with Crippen molar-refractivity contribution in [3.63, 3.8) is 0 Å². The number of esters is 2. The van der Waals surface area contributed by atoms with Gasteiger partial charge in [-0.2, -0.15) is 5.26 Å². The minimum atomic E-state index is -1.03. The number of allylic oxidation sites excluding steroid dienone is 1. The van der Waals surface area contributed by atoms with E-state index in [1.807, 2.05) is 20.8 Å². The van der Waals surface area contributed by atoms with Crippen LogP contribution in [0.2, 0.25) is 0 Å². The van der Waals surface area contributed by atoms with E-state index in [1.54, 1.807) is 30.3 Å². The largest absolute Gasteiger partial charge is 0.491 e. The van der Waals surface area contributed by atoms with Crippen molar-refractivity contribution in [2.24, 2.45) is 11.1 Å². The number of ether oxygens (including phenoxy) is 3. The van der Waals surface area contributed by atoms with Gasteiger partial charge in [0, 0.05) is 6.07 Å². The molecule has 2 aromatic rings. The highest BCUT2D eigenvalue weighted by Crippen LogP contribution is 2.45.